The monoisotopic (exact) mass is 263 g/mol. The first-order valence-corrected chi connectivity index (χ1v) is 6.04. The Bertz CT molecular complexity index is 543. The number of ether oxygens (including phenoxy) is 2. The van der Waals surface area contributed by atoms with E-state index in [1.807, 2.05) is 25.1 Å². The van der Waals surface area contributed by atoms with Crippen LogP contribution in [-0.2, 0) is 0 Å². The van der Waals surface area contributed by atoms with Crippen LogP contribution in [0.1, 0.15) is 6.92 Å². The number of halogens is 1. The highest BCUT2D eigenvalue weighted by atomic mass is 35.5. The lowest BCUT2D eigenvalue weighted by molar-refractivity contribution is 0.340. The number of hydrogen-bond acceptors (Lipinski definition) is 3. The summed E-state index contributed by atoms with van der Waals surface area (Å²) in [5.74, 6) is 1.72. The van der Waals surface area contributed by atoms with Gasteiger partial charge in [-0.2, -0.15) is 0 Å². The molecule has 0 atom stereocenters. The third-order valence-corrected chi connectivity index (χ3v) is 2.69. The fraction of sp³-hybridized carbons (Fsp3) is 0.143. The van der Waals surface area contributed by atoms with Crippen molar-refractivity contribution in [2.24, 2.45) is 0 Å². The van der Waals surface area contributed by atoms with Crippen LogP contribution < -0.4 is 15.2 Å². The van der Waals surface area contributed by atoms with Gasteiger partial charge in [0.05, 0.1) is 11.6 Å². The summed E-state index contributed by atoms with van der Waals surface area (Å²) in [6, 6.07) is 12.7. The maximum absolute atomic E-state index is 6.03. The molecule has 0 heterocycles. The molecular formula is C14H14ClNO2. The van der Waals surface area contributed by atoms with Crippen molar-refractivity contribution in [1.82, 2.24) is 0 Å². The van der Waals surface area contributed by atoms with Crippen molar-refractivity contribution in [3.05, 3.63) is 47.5 Å². The quantitative estimate of drug-likeness (QED) is 0.844. The highest BCUT2D eigenvalue weighted by molar-refractivity contribution is 6.32. The average Bonchev–Trinajstić information content (AvgIpc) is 2.37. The van der Waals surface area contributed by atoms with E-state index in [1.165, 1.54) is 0 Å². The minimum atomic E-state index is 0.472. The second-order valence-corrected chi connectivity index (χ2v) is 4.04. The Hall–Kier alpha value is -1.87. The molecule has 0 bridgehead atoms. The van der Waals surface area contributed by atoms with Crippen LogP contribution in [0.5, 0.6) is 17.2 Å². The van der Waals surface area contributed by atoms with Crippen molar-refractivity contribution in [3.8, 4) is 17.2 Å². The predicted octanol–water partition coefficient (Wildman–Crippen LogP) is 4.11. The molecule has 0 aliphatic carbocycles. The fourth-order valence-electron chi connectivity index (χ4n) is 1.54. The molecule has 94 valence electrons. The van der Waals surface area contributed by atoms with Crippen LogP contribution in [0.15, 0.2) is 42.5 Å². The van der Waals surface area contributed by atoms with Gasteiger partial charge >= 0.3 is 0 Å². The zero-order valence-corrected chi connectivity index (χ0v) is 10.8. The van der Waals surface area contributed by atoms with Gasteiger partial charge in [-0.25, -0.2) is 0 Å². The number of rotatable bonds is 4. The van der Waals surface area contributed by atoms with E-state index in [0.29, 0.717) is 34.6 Å². The molecule has 0 fully saturated rings. The zero-order chi connectivity index (χ0) is 13.0. The first kappa shape index (κ1) is 12.6. The topological polar surface area (TPSA) is 44.5 Å². The Morgan fingerprint density at radius 2 is 1.67 bits per heavy atom. The smallest absolute Gasteiger partial charge is 0.154 e. The molecule has 0 aromatic heterocycles. The number of anilines is 1. The molecule has 2 N–H and O–H groups in total. The molecule has 0 aliphatic rings. The molecule has 2 rings (SSSR count). The van der Waals surface area contributed by atoms with Gasteiger partial charge in [0.1, 0.15) is 17.2 Å². The summed E-state index contributed by atoms with van der Waals surface area (Å²) in [6.07, 6.45) is 0. The SMILES string of the molecule is CCOc1cccc(Oc2ccccc2Cl)c1N. The first-order chi connectivity index (χ1) is 8.72. The summed E-state index contributed by atoms with van der Waals surface area (Å²) in [5.41, 5.74) is 6.45. The van der Waals surface area contributed by atoms with E-state index in [1.54, 1.807) is 24.3 Å². The van der Waals surface area contributed by atoms with Crippen molar-refractivity contribution in [1.29, 1.82) is 0 Å². The van der Waals surface area contributed by atoms with Crippen LogP contribution in [0.2, 0.25) is 5.02 Å². The Morgan fingerprint density at radius 3 is 2.39 bits per heavy atom. The van der Waals surface area contributed by atoms with Gasteiger partial charge in [0.15, 0.2) is 5.75 Å². The Morgan fingerprint density at radius 1 is 1.00 bits per heavy atom. The maximum Gasteiger partial charge on any atom is 0.154 e. The van der Waals surface area contributed by atoms with E-state index in [0.717, 1.165) is 0 Å². The lowest BCUT2D eigenvalue weighted by atomic mass is 10.2. The lowest BCUT2D eigenvalue weighted by Crippen LogP contribution is -1.99. The zero-order valence-electron chi connectivity index (χ0n) is 10.0. The lowest BCUT2D eigenvalue weighted by Gasteiger charge is -2.12. The summed E-state index contributed by atoms with van der Waals surface area (Å²) in [6.45, 7) is 2.46. The number of nitrogen functional groups attached to an aromatic ring is 1. The Balaban J connectivity index is 2.30. The van der Waals surface area contributed by atoms with Gasteiger partial charge in [-0.3, -0.25) is 0 Å². The van der Waals surface area contributed by atoms with Crippen molar-refractivity contribution in [2.45, 2.75) is 6.92 Å². The minimum absolute atomic E-state index is 0.472. The van der Waals surface area contributed by atoms with Crippen molar-refractivity contribution < 1.29 is 9.47 Å². The molecule has 0 saturated carbocycles. The molecule has 0 amide bonds. The van der Waals surface area contributed by atoms with Crippen LogP contribution in [0, 0.1) is 0 Å². The fourth-order valence-corrected chi connectivity index (χ4v) is 1.71. The average molecular weight is 264 g/mol. The van der Waals surface area contributed by atoms with E-state index >= 15 is 0 Å². The molecule has 18 heavy (non-hydrogen) atoms. The van der Waals surface area contributed by atoms with Gasteiger partial charge in [-0.15, -0.1) is 0 Å². The summed E-state index contributed by atoms with van der Waals surface area (Å²) < 4.78 is 11.1. The Labute approximate surface area is 111 Å². The molecule has 2 aromatic rings. The van der Waals surface area contributed by atoms with Crippen molar-refractivity contribution >= 4 is 17.3 Å². The summed E-state index contributed by atoms with van der Waals surface area (Å²) >= 11 is 6.03. The molecule has 0 radical (unpaired) electrons. The van der Waals surface area contributed by atoms with E-state index in [9.17, 15) is 0 Å². The standard InChI is InChI=1S/C14H14ClNO2/c1-2-17-12-8-5-9-13(14(12)16)18-11-7-4-3-6-10(11)15/h3-9H,2,16H2,1H3. The normalized spacial score (nSPS) is 10.1. The third-order valence-electron chi connectivity index (χ3n) is 2.38. The van der Waals surface area contributed by atoms with E-state index in [2.05, 4.69) is 0 Å². The molecule has 3 nitrogen and oxygen atoms in total. The highest BCUT2D eigenvalue weighted by Gasteiger charge is 2.09. The van der Waals surface area contributed by atoms with Crippen LogP contribution >= 0.6 is 11.6 Å². The minimum Gasteiger partial charge on any atom is -0.492 e. The summed E-state index contributed by atoms with van der Waals surface area (Å²) in [5, 5.41) is 0.540. The van der Waals surface area contributed by atoms with Gasteiger partial charge in [-0.1, -0.05) is 29.8 Å². The second kappa shape index (κ2) is 5.65. The largest absolute Gasteiger partial charge is 0.492 e. The maximum atomic E-state index is 6.03. The number of benzene rings is 2. The van der Waals surface area contributed by atoms with E-state index in [-0.39, 0.29) is 0 Å². The Kier molecular flexibility index (Phi) is 3.95. The van der Waals surface area contributed by atoms with Gasteiger partial charge in [0.25, 0.3) is 0 Å². The van der Waals surface area contributed by atoms with Crippen molar-refractivity contribution in [2.75, 3.05) is 12.3 Å². The van der Waals surface area contributed by atoms with Crippen LogP contribution in [0.3, 0.4) is 0 Å². The number of nitrogens with two attached hydrogens (primary N) is 1. The number of hydrogen-bond donors (Lipinski definition) is 1. The van der Waals surface area contributed by atoms with Crippen molar-refractivity contribution in [3.63, 3.8) is 0 Å². The molecule has 0 aliphatic heterocycles. The summed E-state index contributed by atoms with van der Waals surface area (Å²) in [4.78, 5) is 0. The molecule has 2 aromatic carbocycles. The van der Waals surface area contributed by atoms with E-state index < -0.39 is 0 Å². The summed E-state index contributed by atoms with van der Waals surface area (Å²) in [7, 11) is 0. The van der Waals surface area contributed by atoms with Crippen LogP contribution in [0.4, 0.5) is 5.69 Å². The van der Waals surface area contributed by atoms with Crippen LogP contribution in [0.25, 0.3) is 0 Å². The predicted molar refractivity (Wildman–Crippen MR) is 73.5 cm³/mol. The van der Waals surface area contributed by atoms with Gasteiger partial charge in [-0.05, 0) is 31.2 Å². The highest BCUT2D eigenvalue weighted by Crippen LogP contribution is 2.36. The van der Waals surface area contributed by atoms with Gasteiger partial charge in [0.2, 0.25) is 0 Å². The molecular weight excluding hydrogens is 250 g/mol. The van der Waals surface area contributed by atoms with Gasteiger partial charge < -0.3 is 15.2 Å². The first-order valence-electron chi connectivity index (χ1n) is 5.66. The van der Waals surface area contributed by atoms with E-state index in [4.69, 9.17) is 26.8 Å². The third kappa shape index (κ3) is 2.68. The molecule has 4 heteroatoms. The number of para-hydroxylation sites is 2. The van der Waals surface area contributed by atoms with Crippen LogP contribution in [-0.4, -0.2) is 6.61 Å². The molecule has 0 saturated heterocycles. The van der Waals surface area contributed by atoms with Gasteiger partial charge in [0, 0.05) is 0 Å². The molecule has 0 unspecified atom stereocenters. The second-order valence-electron chi connectivity index (χ2n) is 3.63. The molecule has 0 spiro atoms.